The summed E-state index contributed by atoms with van der Waals surface area (Å²) >= 11 is 0. The SMILES string of the molecule is CCn1c(C)c(C(=O)CN(C(=O)C2CCC2)C(C)C)c(C)c1C(=O)OC. The second-order valence-electron chi connectivity index (χ2n) is 7.28. The van der Waals surface area contributed by atoms with E-state index >= 15 is 0 Å². The van der Waals surface area contributed by atoms with E-state index in [0.29, 0.717) is 23.4 Å². The lowest BCUT2D eigenvalue weighted by Gasteiger charge is -2.33. The molecule has 0 spiro atoms. The summed E-state index contributed by atoms with van der Waals surface area (Å²) in [7, 11) is 1.34. The van der Waals surface area contributed by atoms with Crippen molar-refractivity contribution in [1.29, 1.82) is 0 Å². The van der Waals surface area contributed by atoms with Crippen LogP contribution in [0.15, 0.2) is 0 Å². The van der Waals surface area contributed by atoms with Crippen LogP contribution in [0.5, 0.6) is 0 Å². The zero-order valence-electron chi connectivity index (χ0n) is 16.7. The Bertz CT molecular complexity index is 714. The van der Waals surface area contributed by atoms with Gasteiger partial charge in [0.1, 0.15) is 5.69 Å². The zero-order chi connectivity index (χ0) is 19.6. The smallest absolute Gasteiger partial charge is 0.354 e. The average Bonchev–Trinajstić information content (AvgIpc) is 2.79. The maximum atomic E-state index is 13.1. The van der Waals surface area contributed by atoms with Crippen LogP contribution in [0.25, 0.3) is 0 Å². The molecule has 1 heterocycles. The molecule has 0 N–H and O–H groups in total. The molecule has 0 aliphatic heterocycles. The van der Waals surface area contributed by atoms with Crippen LogP contribution < -0.4 is 0 Å². The van der Waals surface area contributed by atoms with E-state index in [4.69, 9.17) is 4.74 Å². The highest BCUT2D eigenvalue weighted by atomic mass is 16.5. The number of hydrogen-bond acceptors (Lipinski definition) is 4. The summed E-state index contributed by atoms with van der Waals surface area (Å²) in [5.41, 5.74) is 2.31. The Morgan fingerprint density at radius 1 is 1.23 bits per heavy atom. The van der Waals surface area contributed by atoms with E-state index in [0.717, 1.165) is 25.0 Å². The standard InChI is InChI=1S/C20H30N2O4/c1-7-21-14(5)17(13(4)18(21)20(25)26-6)16(23)11-22(12(2)3)19(24)15-9-8-10-15/h12,15H,7-11H2,1-6H3. The van der Waals surface area contributed by atoms with Crippen molar-refractivity contribution in [1.82, 2.24) is 9.47 Å². The Morgan fingerprint density at radius 2 is 1.85 bits per heavy atom. The van der Waals surface area contributed by atoms with E-state index in [1.54, 1.807) is 11.8 Å². The van der Waals surface area contributed by atoms with Crippen molar-refractivity contribution in [3.8, 4) is 0 Å². The molecule has 1 aliphatic carbocycles. The second kappa shape index (κ2) is 8.06. The number of methoxy groups -OCH3 is 1. The predicted molar refractivity (Wildman–Crippen MR) is 99.4 cm³/mol. The number of carbonyl (C=O) groups is 3. The summed E-state index contributed by atoms with van der Waals surface area (Å²) in [6, 6.07) is -0.0407. The summed E-state index contributed by atoms with van der Waals surface area (Å²) in [6.45, 7) is 10.0. The number of Topliss-reactive ketones (excluding diaryl/α,β-unsaturated/α-hetero) is 1. The Kier molecular flexibility index (Phi) is 6.26. The minimum absolute atomic E-state index is 0.0407. The van der Waals surface area contributed by atoms with Crippen LogP contribution in [-0.4, -0.2) is 46.8 Å². The summed E-state index contributed by atoms with van der Waals surface area (Å²) in [5.74, 6) is -0.451. The molecule has 0 aromatic carbocycles. The first kappa shape index (κ1) is 20.2. The number of rotatable bonds is 7. The lowest BCUT2D eigenvalue weighted by molar-refractivity contribution is -0.139. The van der Waals surface area contributed by atoms with Crippen LogP contribution in [-0.2, 0) is 16.1 Å². The third kappa shape index (κ3) is 3.55. The number of ether oxygens (including phenoxy) is 1. The van der Waals surface area contributed by atoms with E-state index in [9.17, 15) is 14.4 Å². The van der Waals surface area contributed by atoms with Gasteiger partial charge in [0.25, 0.3) is 0 Å². The fraction of sp³-hybridized carbons (Fsp3) is 0.650. The van der Waals surface area contributed by atoms with Crippen molar-refractivity contribution in [3.63, 3.8) is 0 Å². The minimum atomic E-state index is -0.447. The van der Waals surface area contributed by atoms with Crippen molar-refractivity contribution in [2.75, 3.05) is 13.7 Å². The normalized spacial score (nSPS) is 14.3. The molecular formula is C20H30N2O4. The van der Waals surface area contributed by atoms with E-state index in [2.05, 4.69) is 0 Å². The zero-order valence-corrected chi connectivity index (χ0v) is 16.7. The molecule has 6 nitrogen and oxygen atoms in total. The van der Waals surface area contributed by atoms with Gasteiger partial charge < -0.3 is 14.2 Å². The molecule has 1 aliphatic rings. The highest BCUT2D eigenvalue weighted by Gasteiger charge is 2.33. The van der Waals surface area contributed by atoms with Crippen molar-refractivity contribution < 1.29 is 19.1 Å². The third-order valence-electron chi connectivity index (χ3n) is 5.42. The number of ketones is 1. The lowest BCUT2D eigenvalue weighted by atomic mass is 9.84. The number of nitrogens with zero attached hydrogens (tertiary/aromatic N) is 2. The fourth-order valence-corrected chi connectivity index (χ4v) is 3.70. The molecule has 6 heteroatoms. The first-order valence-corrected chi connectivity index (χ1v) is 9.36. The molecular weight excluding hydrogens is 332 g/mol. The highest BCUT2D eigenvalue weighted by Crippen LogP contribution is 2.29. The van der Waals surface area contributed by atoms with E-state index in [1.807, 2.05) is 32.3 Å². The van der Waals surface area contributed by atoms with Gasteiger partial charge in [0.05, 0.1) is 13.7 Å². The van der Waals surface area contributed by atoms with Crippen molar-refractivity contribution in [2.24, 2.45) is 5.92 Å². The van der Waals surface area contributed by atoms with Crippen molar-refractivity contribution in [2.45, 2.75) is 66.5 Å². The predicted octanol–water partition coefficient (Wildman–Crippen LogP) is 3.13. The summed E-state index contributed by atoms with van der Waals surface area (Å²) in [4.78, 5) is 39.6. The van der Waals surface area contributed by atoms with E-state index in [-0.39, 0.29) is 30.2 Å². The average molecular weight is 362 g/mol. The maximum Gasteiger partial charge on any atom is 0.354 e. The van der Waals surface area contributed by atoms with Crippen molar-refractivity contribution >= 4 is 17.7 Å². The third-order valence-corrected chi connectivity index (χ3v) is 5.42. The minimum Gasteiger partial charge on any atom is -0.464 e. The maximum absolute atomic E-state index is 13.1. The van der Waals surface area contributed by atoms with Crippen LogP contribution in [0.3, 0.4) is 0 Å². The molecule has 1 saturated carbocycles. The molecule has 1 fully saturated rings. The number of carbonyl (C=O) groups excluding carboxylic acids is 3. The Balaban J connectivity index is 2.34. The van der Waals surface area contributed by atoms with Crippen LogP contribution in [0.2, 0.25) is 0 Å². The van der Waals surface area contributed by atoms with E-state index in [1.165, 1.54) is 7.11 Å². The van der Waals surface area contributed by atoms with Crippen molar-refractivity contribution in [3.05, 3.63) is 22.5 Å². The second-order valence-corrected chi connectivity index (χ2v) is 7.28. The molecule has 26 heavy (non-hydrogen) atoms. The number of aromatic nitrogens is 1. The van der Waals surface area contributed by atoms with Gasteiger partial charge in [-0.15, -0.1) is 0 Å². The number of amides is 1. The lowest BCUT2D eigenvalue weighted by Crippen LogP contribution is -2.45. The highest BCUT2D eigenvalue weighted by molar-refractivity contribution is 6.04. The topological polar surface area (TPSA) is 68.6 Å². The van der Waals surface area contributed by atoms with Gasteiger partial charge >= 0.3 is 5.97 Å². The number of esters is 1. The van der Waals surface area contributed by atoms with Crippen LogP contribution >= 0.6 is 0 Å². The molecule has 0 saturated heterocycles. The first-order valence-electron chi connectivity index (χ1n) is 9.36. The molecule has 144 valence electrons. The van der Waals surface area contributed by atoms with Crippen LogP contribution in [0, 0.1) is 19.8 Å². The summed E-state index contributed by atoms with van der Waals surface area (Å²) < 4.78 is 6.69. The van der Waals surface area contributed by atoms with E-state index < -0.39 is 5.97 Å². The van der Waals surface area contributed by atoms with Crippen LogP contribution in [0.1, 0.15) is 72.1 Å². The van der Waals surface area contributed by atoms with Gasteiger partial charge in [-0.2, -0.15) is 0 Å². The molecule has 1 aromatic rings. The summed E-state index contributed by atoms with van der Waals surface area (Å²) in [5, 5.41) is 0. The fourth-order valence-electron chi connectivity index (χ4n) is 3.70. The van der Waals surface area contributed by atoms with Crippen LogP contribution in [0.4, 0.5) is 0 Å². The quantitative estimate of drug-likeness (QED) is 0.552. The monoisotopic (exact) mass is 362 g/mol. The molecule has 0 unspecified atom stereocenters. The van der Waals surface area contributed by atoms with Gasteiger partial charge in [-0.05, 0) is 53.0 Å². The molecule has 1 amide bonds. The number of hydrogen-bond donors (Lipinski definition) is 0. The molecule has 0 bridgehead atoms. The Labute approximate surface area is 155 Å². The summed E-state index contributed by atoms with van der Waals surface area (Å²) in [6.07, 6.45) is 2.90. The van der Waals surface area contributed by atoms with Gasteiger partial charge in [0, 0.05) is 29.8 Å². The molecule has 2 rings (SSSR count). The van der Waals surface area contributed by atoms with Gasteiger partial charge in [-0.25, -0.2) is 4.79 Å². The largest absolute Gasteiger partial charge is 0.464 e. The Hall–Kier alpha value is -2.11. The molecule has 0 radical (unpaired) electrons. The molecule has 0 atom stereocenters. The van der Waals surface area contributed by atoms with Gasteiger partial charge in [0.15, 0.2) is 5.78 Å². The van der Waals surface area contributed by atoms with Gasteiger partial charge in [-0.3, -0.25) is 9.59 Å². The Morgan fingerprint density at radius 3 is 2.27 bits per heavy atom. The molecule has 1 aromatic heterocycles. The first-order chi connectivity index (χ1) is 12.2. The van der Waals surface area contributed by atoms with Gasteiger partial charge in [-0.1, -0.05) is 6.42 Å². The van der Waals surface area contributed by atoms with Gasteiger partial charge in [0.2, 0.25) is 5.91 Å².